The molecule has 0 aromatic carbocycles. The number of rotatable bonds is 6. The monoisotopic (exact) mass is 227 g/mol. The molecule has 0 aliphatic carbocycles. The summed E-state index contributed by atoms with van der Waals surface area (Å²) in [7, 11) is 4.41. The molecule has 1 heterocycles. The first-order valence-corrected chi connectivity index (χ1v) is 6.75. The maximum absolute atomic E-state index is 3.48. The van der Waals surface area contributed by atoms with Crippen LogP contribution in [0.5, 0.6) is 0 Å². The maximum atomic E-state index is 3.48. The summed E-state index contributed by atoms with van der Waals surface area (Å²) in [6.07, 6.45) is 4.00. The molecule has 0 radical (unpaired) electrons. The van der Waals surface area contributed by atoms with Gasteiger partial charge in [0, 0.05) is 18.6 Å². The summed E-state index contributed by atoms with van der Waals surface area (Å²) in [5, 5.41) is 3.48. The van der Waals surface area contributed by atoms with Crippen molar-refractivity contribution in [2.75, 3.05) is 40.3 Å². The van der Waals surface area contributed by atoms with Gasteiger partial charge in [0.05, 0.1) is 0 Å². The van der Waals surface area contributed by atoms with Crippen molar-refractivity contribution in [3.05, 3.63) is 0 Å². The van der Waals surface area contributed by atoms with E-state index in [4.69, 9.17) is 0 Å². The van der Waals surface area contributed by atoms with Gasteiger partial charge in [0.15, 0.2) is 0 Å². The van der Waals surface area contributed by atoms with E-state index in [1.807, 2.05) is 0 Å². The van der Waals surface area contributed by atoms with Crippen molar-refractivity contribution in [3.8, 4) is 0 Å². The molecule has 16 heavy (non-hydrogen) atoms. The zero-order valence-electron chi connectivity index (χ0n) is 11.5. The maximum Gasteiger partial charge on any atom is 0.0217 e. The molecule has 3 heteroatoms. The minimum atomic E-state index is 0.657. The van der Waals surface area contributed by atoms with Crippen LogP contribution in [0.4, 0.5) is 0 Å². The van der Waals surface area contributed by atoms with Crippen molar-refractivity contribution < 1.29 is 0 Å². The first kappa shape index (κ1) is 13.9. The lowest BCUT2D eigenvalue weighted by Gasteiger charge is -2.36. The van der Waals surface area contributed by atoms with Gasteiger partial charge in [-0.25, -0.2) is 0 Å². The van der Waals surface area contributed by atoms with Crippen LogP contribution in [0.2, 0.25) is 0 Å². The first-order chi connectivity index (χ1) is 7.63. The third-order valence-electron chi connectivity index (χ3n) is 3.64. The van der Waals surface area contributed by atoms with Crippen molar-refractivity contribution in [1.82, 2.24) is 15.1 Å². The summed E-state index contributed by atoms with van der Waals surface area (Å²) < 4.78 is 0. The fraction of sp³-hybridized carbons (Fsp3) is 1.00. The van der Waals surface area contributed by atoms with Crippen LogP contribution in [0.25, 0.3) is 0 Å². The van der Waals surface area contributed by atoms with Crippen molar-refractivity contribution in [1.29, 1.82) is 0 Å². The van der Waals surface area contributed by atoms with Crippen LogP contribution in [-0.4, -0.2) is 62.2 Å². The second-order valence-corrected chi connectivity index (χ2v) is 5.31. The number of nitrogens with zero attached hydrogens (tertiary/aromatic N) is 2. The number of hydrogen-bond donors (Lipinski definition) is 1. The van der Waals surface area contributed by atoms with E-state index in [0.717, 1.165) is 12.6 Å². The highest BCUT2D eigenvalue weighted by Crippen LogP contribution is 2.14. The largest absolute Gasteiger partial charge is 0.314 e. The van der Waals surface area contributed by atoms with Gasteiger partial charge in [-0.15, -0.1) is 0 Å². The van der Waals surface area contributed by atoms with Gasteiger partial charge in [-0.2, -0.15) is 0 Å². The van der Waals surface area contributed by atoms with Gasteiger partial charge >= 0.3 is 0 Å². The Morgan fingerprint density at radius 2 is 2.19 bits per heavy atom. The lowest BCUT2D eigenvalue weighted by molar-refractivity contribution is 0.129. The van der Waals surface area contributed by atoms with Crippen LogP contribution in [-0.2, 0) is 0 Å². The smallest absolute Gasteiger partial charge is 0.0217 e. The van der Waals surface area contributed by atoms with E-state index in [1.165, 1.54) is 38.9 Å². The molecular formula is C13H29N3. The van der Waals surface area contributed by atoms with Crippen molar-refractivity contribution in [3.63, 3.8) is 0 Å². The van der Waals surface area contributed by atoms with E-state index >= 15 is 0 Å². The third-order valence-corrected chi connectivity index (χ3v) is 3.64. The number of hydrogen-bond acceptors (Lipinski definition) is 3. The second-order valence-electron chi connectivity index (χ2n) is 5.31. The topological polar surface area (TPSA) is 18.5 Å². The normalized spacial score (nSPS) is 24.9. The van der Waals surface area contributed by atoms with Crippen LogP contribution < -0.4 is 5.32 Å². The highest BCUT2D eigenvalue weighted by molar-refractivity contribution is 4.78. The Morgan fingerprint density at radius 1 is 1.44 bits per heavy atom. The molecule has 1 rings (SSSR count). The minimum absolute atomic E-state index is 0.657. The van der Waals surface area contributed by atoms with Crippen LogP contribution in [0, 0.1) is 0 Å². The van der Waals surface area contributed by atoms with Gasteiger partial charge in [-0.3, -0.25) is 0 Å². The summed E-state index contributed by atoms with van der Waals surface area (Å²) in [4.78, 5) is 5.00. The summed E-state index contributed by atoms with van der Waals surface area (Å²) in [6, 6.07) is 1.42. The molecule has 3 nitrogen and oxygen atoms in total. The summed E-state index contributed by atoms with van der Waals surface area (Å²) in [5.74, 6) is 0. The van der Waals surface area contributed by atoms with Crippen LogP contribution in [0.15, 0.2) is 0 Å². The molecule has 1 aliphatic heterocycles. The molecule has 1 N–H and O–H groups in total. The molecule has 1 aliphatic rings. The van der Waals surface area contributed by atoms with E-state index in [0.29, 0.717) is 6.04 Å². The van der Waals surface area contributed by atoms with E-state index in [9.17, 15) is 0 Å². The number of nitrogens with one attached hydrogen (secondary N) is 1. The molecule has 2 unspecified atom stereocenters. The molecule has 0 aromatic heterocycles. The zero-order valence-corrected chi connectivity index (χ0v) is 11.5. The molecule has 1 fully saturated rings. The van der Waals surface area contributed by atoms with Gasteiger partial charge < -0.3 is 15.1 Å². The van der Waals surface area contributed by atoms with Gasteiger partial charge in [0.25, 0.3) is 0 Å². The van der Waals surface area contributed by atoms with Crippen LogP contribution >= 0.6 is 0 Å². The molecule has 1 saturated heterocycles. The Hall–Kier alpha value is -0.120. The predicted molar refractivity (Wildman–Crippen MR) is 70.9 cm³/mol. The molecule has 0 spiro atoms. The average molecular weight is 227 g/mol. The second kappa shape index (κ2) is 7.25. The number of likely N-dealkylation sites (tertiary alicyclic amines) is 1. The van der Waals surface area contributed by atoms with Crippen molar-refractivity contribution in [2.45, 2.75) is 45.2 Å². The summed E-state index contributed by atoms with van der Waals surface area (Å²) in [6.45, 7) is 9.35. The van der Waals surface area contributed by atoms with E-state index < -0.39 is 0 Å². The fourth-order valence-corrected chi connectivity index (χ4v) is 2.48. The van der Waals surface area contributed by atoms with Gasteiger partial charge in [-0.1, -0.05) is 6.92 Å². The molecular weight excluding hydrogens is 198 g/mol. The predicted octanol–water partition coefficient (Wildman–Crippen LogP) is 1.40. The highest BCUT2D eigenvalue weighted by Gasteiger charge is 2.21. The molecule has 0 bridgehead atoms. The third kappa shape index (κ3) is 4.81. The molecule has 96 valence electrons. The molecule has 0 aromatic rings. The Kier molecular flexibility index (Phi) is 6.32. The van der Waals surface area contributed by atoms with Crippen molar-refractivity contribution in [2.24, 2.45) is 0 Å². The summed E-state index contributed by atoms with van der Waals surface area (Å²) in [5.41, 5.74) is 0. The molecule has 2 atom stereocenters. The van der Waals surface area contributed by atoms with Gasteiger partial charge in [0.1, 0.15) is 0 Å². The van der Waals surface area contributed by atoms with Crippen LogP contribution in [0.3, 0.4) is 0 Å². The lowest BCUT2D eigenvalue weighted by Crippen LogP contribution is -2.46. The van der Waals surface area contributed by atoms with Crippen molar-refractivity contribution >= 4 is 0 Å². The van der Waals surface area contributed by atoms with Crippen LogP contribution in [0.1, 0.15) is 33.1 Å². The minimum Gasteiger partial charge on any atom is -0.314 e. The lowest BCUT2D eigenvalue weighted by atomic mass is 10.0. The van der Waals surface area contributed by atoms with E-state index in [1.54, 1.807) is 0 Å². The highest BCUT2D eigenvalue weighted by atomic mass is 15.2. The number of piperidine rings is 1. The van der Waals surface area contributed by atoms with Gasteiger partial charge in [-0.05, 0) is 59.9 Å². The summed E-state index contributed by atoms with van der Waals surface area (Å²) >= 11 is 0. The van der Waals surface area contributed by atoms with E-state index in [-0.39, 0.29) is 0 Å². The Labute approximate surface area is 101 Å². The SMILES string of the molecule is CCNC(C)CCN1CCCC(N(C)C)C1. The Morgan fingerprint density at radius 3 is 2.81 bits per heavy atom. The quantitative estimate of drug-likeness (QED) is 0.740. The van der Waals surface area contributed by atoms with Gasteiger partial charge in [0.2, 0.25) is 0 Å². The first-order valence-electron chi connectivity index (χ1n) is 6.75. The Balaban J connectivity index is 2.21. The standard InChI is InChI=1S/C13H29N3/c1-5-14-12(2)8-10-16-9-6-7-13(11-16)15(3)4/h12-14H,5-11H2,1-4H3. The number of likely N-dealkylation sites (N-methyl/N-ethyl adjacent to an activating group) is 1. The average Bonchev–Trinajstić information content (AvgIpc) is 2.27. The van der Waals surface area contributed by atoms with E-state index in [2.05, 4.69) is 43.1 Å². The molecule has 0 amide bonds. The molecule has 0 saturated carbocycles. The fourth-order valence-electron chi connectivity index (χ4n) is 2.48. The zero-order chi connectivity index (χ0) is 12.0. The Bertz CT molecular complexity index is 182.